The van der Waals surface area contributed by atoms with E-state index in [1.54, 1.807) is 0 Å². The van der Waals surface area contributed by atoms with E-state index in [1.165, 1.54) is 22.7 Å². The van der Waals surface area contributed by atoms with Crippen LogP contribution in [0.5, 0.6) is 0 Å². The van der Waals surface area contributed by atoms with Crippen LogP contribution in [-0.2, 0) is 0 Å². The Hall–Kier alpha value is -1.98. The van der Waals surface area contributed by atoms with Gasteiger partial charge in [0.25, 0.3) is 0 Å². The van der Waals surface area contributed by atoms with Gasteiger partial charge >= 0.3 is 0 Å². The summed E-state index contributed by atoms with van der Waals surface area (Å²) in [6.45, 7) is 0. The zero-order valence-corrected chi connectivity index (χ0v) is 11.5. The summed E-state index contributed by atoms with van der Waals surface area (Å²) in [5, 5.41) is 10.3. The SMILES string of the molecule is N=C(N)c1cc2ccc(C(=O)c3cccs3)cc2s1. The Kier molecular flexibility index (Phi) is 2.93. The quantitative estimate of drug-likeness (QED) is 0.440. The van der Waals surface area contributed by atoms with Gasteiger partial charge in [-0.1, -0.05) is 18.2 Å². The Bertz CT molecular complexity index is 772. The van der Waals surface area contributed by atoms with Crippen LogP contribution in [0, 0.1) is 5.41 Å². The second-order valence-electron chi connectivity index (χ2n) is 4.08. The first-order valence-electron chi connectivity index (χ1n) is 5.61. The molecule has 3 nitrogen and oxygen atoms in total. The Morgan fingerprint density at radius 3 is 2.68 bits per heavy atom. The molecule has 1 aromatic carbocycles. The van der Waals surface area contributed by atoms with Gasteiger partial charge in [0.2, 0.25) is 5.78 Å². The number of benzene rings is 1. The summed E-state index contributed by atoms with van der Waals surface area (Å²) in [4.78, 5) is 13.7. The smallest absolute Gasteiger partial charge is 0.202 e. The lowest BCUT2D eigenvalue weighted by atomic mass is 10.1. The van der Waals surface area contributed by atoms with Crippen molar-refractivity contribution in [3.8, 4) is 0 Å². The van der Waals surface area contributed by atoms with E-state index in [4.69, 9.17) is 11.1 Å². The van der Waals surface area contributed by atoms with E-state index in [-0.39, 0.29) is 11.6 Å². The highest BCUT2D eigenvalue weighted by molar-refractivity contribution is 7.20. The Labute approximate surface area is 117 Å². The molecule has 0 radical (unpaired) electrons. The molecular weight excluding hydrogens is 276 g/mol. The van der Waals surface area contributed by atoms with Gasteiger partial charge in [0.15, 0.2) is 0 Å². The number of thiophene rings is 2. The number of rotatable bonds is 3. The third kappa shape index (κ3) is 2.18. The third-order valence-corrected chi connectivity index (χ3v) is 4.79. The van der Waals surface area contributed by atoms with Crippen LogP contribution >= 0.6 is 22.7 Å². The molecule has 0 aliphatic heterocycles. The van der Waals surface area contributed by atoms with Crippen molar-refractivity contribution in [3.05, 3.63) is 57.1 Å². The highest BCUT2D eigenvalue weighted by Gasteiger charge is 2.12. The summed E-state index contributed by atoms with van der Waals surface area (Å²) in [7, 11) is 0. The summed E-state index contributed by atoms with van der Waals surface area (Å²) in [6.07, 6.45) is 0. The van der Waals surface area contributed by atoms with Gasteiger partial charge < -0.3 is 5.73 Å². The standard InChI is InChI=1S/C14H10N2OS2/c15-14(16)12-6-8-3-4-9(7-11(8)19-12)13(17)10-2-1-5-18-10/h1-7H,(H3,15,16). The fourth-order valence-corrected chi connectivity index (χ4v) is 3.50. The molecule has 3 aromatic rings. The molecule has 3 N–H and O–H groups in total. The van der Waals surface area contributed by atoms with Crippen molar-refractivity contribution < 1.29 is 4.79 Å². The lowest BCUT2D eigenvalue weighted by molar-refractivity contribution is 0.104. The van der Waals surface area contributed by atoms with E-state index >= 15 is 0 Å². The van der Waals surface area contributed by atoms with E-state index in [0.29, 0.717) is 5.56 Å². The molecule has 0 amide bonds. The van der Waals surface area contributed by atoms with Gasteiger partial charge in [0, 0.05) is 10.3 Å². The highest BCUT2D eigenvalue weighted by Crippen LogP contribution is 2.27. The zero-order chi connectivity index (χ0) is 13.4. The first kappa shape index (κ1) is 12.1. The van der Waals surface area contributed by atoms with Crippen molar-refractivity contribution in [2.45, 2.75) is 0 Å². The van der Waals surface area contributed by atoms with Crippen LogP contribution in [0.2, 0.25) is 0 Å². The topological polar surface area (TPSA) is 66.9 Å². The van der Waals surface area contributed by atoms with Crippen molar-refractivity contribution in [2.75, 3.05) is 0 Å². The predicted molar refractivity (Wildman–Crippen MR) is 80.6 cm³/mol. The number of hydrogen-bond donors (Lipinski definition) is 2. The zero-order valence-electron chi connectivity index (χ0n) is 9.84. The van der Waals surface area contributed by atoms with Gasteiger partial charge in [0.05, 0.1) is 9.75 Å². The molecule has 0 aliphatic carbocycles. The minimum Gasteiger partial charge on any atom is -0.383 e. The maximum atomic E-state index is 12.2. The van der Waals surface area contributed by atoms with Crippen molar-refractivity contribution >= 4 is 44.4 Å². The number of carbonyl (C=O) groups excluding carboxylic acids is 1. The fourth-order valence-electron chi connectivity index (χ4n) is 1.86. The van der Waals surface area contributed by atoms with Crippen molar-refractivity contribution in [1.29, 1.82) is 5.41 Å². The minimum absolute atomic E-state index is 0.0367. The van der Waals surface area contributed by atoms with E-state index in [1.807, 2.05) is 41.8 Å². The first-order valence-corrected chi connectivity index (χ1v) is 7.31. The molecule has 0 atom stereocenters. The second-order valence-corrected chi connectivity index (χ2v) is 6.11. The molecule has 2 heterocycles. The first-order chi connectivity index (χ1) is 9.15. The number of carbonyl (C=O) groups is 1. The molecule has 19 heavy (non-hydrogen) atoms. The summed E-state index contributed by atoms with van der Waals surface area (Å²) >= 11 is 2.88. The number of nitrogens with two attached hydrogens (primary N) is 1. The molecule has 0 spiro atoms. The second kappa shape index (κ2) is 4.60. The maximum absolute atomic E-state index is 12.2. The van der Waals surface area contributed by atoms with Gasteiger partial charge in [-0.2, -0.15) is 0 Å². The van der Waals surface area contributed by atoms with E-state index in [9.17, 15) is 4.79 Å². The largest absolute Gasteiger partial charge is 0.383 e. The highest BCUT2D eigenvalue weighted by atomic mass is 32.1. The number of amidine groups is 1. The normalized spacial score (nSPS) is 10.7. The fraction of sp³-hybridized carbons (Fsp3) is 0. The number of ketones is 1. The van der Waals surface area contributed by atoms with Crippen LogP contribution in [0.15, 0.2) is 41.8 Å². The summed E-state index contributed by atoms with van der Waals surface area (Å²) in [5.41, 5.74) is 6.15. The molecule has 0 saturated heterocycles. The van der Waals surface area contributed by atoms with Crippen LogP contribution in [0.3, 0.4) is 0 Å². The molecule has 5 heteroatoms. The molecule has 94 valence electrons. The summed E-state index contributed by atoms with van der Waals surface area (Å²) < 4.78 is 0.979. The number of hydrogen-bond acceptors (Lipinski definition) is 4. The van der Waals surface area contributed by atoms with Crippen molar-refractivity contribution in [3.63, 3.8) is 0 Å². The van der Waals surface area contributed by atoms with Gasteiger partial charge in [-0.05, 0) is 29.0 Å². The van der Waals surface area contributed by atoms with Gasteiger partial charge in [-0.15, -0.1) is 22.7 Å². The molecule has 0 bridgehead atoms. The predicted octanol–water partition coefficient (Wildman–Crippen LogP) is 3.48. The maximum Gasteiger partial charge on any atom is 0.202 e. The van der Waals surface area contributed by atoms with Crippen LogP contribution in [0.4, 0.5) is 0 Å². The Morgan fingerprint density at radius 2 is 2.00 bits per heavy atom. The van der Waals surface area contributed by atoms with Crippen LogP contribution < -0.4 is 5.73 Å². The van der Waals surface area contributed by atoms with Gasteiger partial charge in [-0.25, -0.2) is 0 Å². The Morgan fingerprint density at radius 1 is 1.16 bits per heavy atom. The molecular formula is C14H10N2OS2. The molecule has 0 saturated carbocycles. The van der Waals surface area contributed by atoms with E-state index in [0.717, 1.165) is 19.8 Å². The third-order valence-electron chi connectivity index (χ3n) is 2.79. The summed E-state index contributed by atoms with van der Waals surface area (Å²) in [5.74, 6) is 0.0991. The van der Waals surface area contributed by atoms with Gasteiger partial charge in [-0.3, -0.25) is 10.2 Å². The molecule has 0 unspecified atom stereocenters. The molecule has 2 aromatic heterocycles. The summed E-state index contributed by atoms with van der Waals surface area (Å²) in [6, 6.07) is 11.2. The van der Waals surface area contributed by atoms with Crippen molar-refractivity contribution in [2.24, 2.45) is 5.73 Å². The monoisotopic (exact) mass is 286 g/mol. The Balaban J connectivity index is 2.06. The molecule has 3 rings (SSSR count). The average Bonchev–Trinajstić information content (AvgIpc) is 3.06. The van der Waals surface area contributed by atoms with E-state index < -0.39 is 0 Å². The minimum atomic E-state index is 0.0367. The number of nitrogen functional groups attached to an aromatic ring is 1. The van der Waals surface area contributed by atoms with Crippen LogP contribution in [0.1, 0.15) is 20.1 Å². The molecule has 0 fully saturated rings. The van der Waals surface area contributed by atoms with Gasteiger partial charge in [0.1, 0.15) is 5.84 Å². The lowest BCUT2D eigenvalue weighted by Crippen LogP contribution is -2.08. The van der Waals surface area contributed by atoms with E-state index in [2.05, 4.69) is 0 Å². The average molecular weight is 286 g/mol. The van der Waals surface area contributed by atoms with Crippen LogP contribution in [-0.4, -0.2) is 11.6 Å². The van der Waals surface area contributed by atoms with Crippen molar-refractivity contribution in [1.82, 2.24) is 0 Å². The van der Waals surface area contributed by atoms with Crippen LogP contribution in [0.25, 0.3) is 10.1 Å². The lowest BCUT2D eigenvalue weighted by Gasteiger charge is -1.98. The number of fused-ring (bicyclic) bond motifs is 1. The number of nitrogens with one attached hydrogen (secondary N) is 1. The molecule has 0 aliphatic rings.